The van der Waals surface area contributed by atoms with Gasteiger partial charge in [-0.1, -0.05) is 43.3 Å². The van der Waals surface area contributed by atoms with Crippen molar-refractivity contribution in [3.05, 3.63) is 110 Å². The van der Waals surface area contributed by atoms with Crippen LogP contribution in [0.15, 0.2) is 69.8 Å². The molecule has 3 aromatic carbocycles. The number of pyridine rings is 2. The molecule has 3 aliphatic heterocycles. The summed E-state index contributed by atoms with van der Waals surface area (Å²) in [6, 6.07) is 15.0. The maximum absolute atomic E-state index is 16.0. The molecule has 3 aliphatic rings. The molecule has 23 heteroatoms. The summed E-state index contributed by atoms with van der Waals surface area (Å²) in [4.78, 5) is 101. The number of cyclic esters (lactones) is 1. The average Bonchev–Trinajstić information content (AvgIpc) is 3.95. The number of hydrogen-bond acceptors (Lipinski definition) is 15. The SMILES string of the molecule is CC[C@@]1(O)C(=O)OCc2c1cc1n(c2=O)Cc2c-1nc1cc(F)c(NC(=O)CNC(=O)[C@H](Cc3ccccc3)NC(=O)CNC(=O)CNC(=O)Cc3ccc4nc(S(C)(=O)=O)sc4c3)c3c1c2CCO3. The average molecular weight is 995 g/mol. The number of sulfone groups is 1. The molecule has 20 nitrogen and oxygen atoms in total. The number of carbonyl (C=O) groups is 6. The number of carbonyl (C=O) groups excluding carboxylic acids is 6. The lowest BCUT2D eigenvalue weighted by Gasteiger charge is -2.31. The number of thiazole rings is 1. The highest BCUT2D eigenvalue weighted by Crippen LogP contribution is 2.46. The van der Waals surface area contributed by atoms with Gasteiger partial charge in [0.1, 0.15) is 18.3 Å². The van der Waals surface area contributed by atoms with E-state index in [1.807, 2.05) is 0 Å². The molecule has 6 heterocycles. The molecule has 0 bridgehead atoms. The molecular formula is C47H43FN8O12S2. The Morgan fingerprint density at radius 3 is 2.37 bits per heavy atom. The Kier molecular flexibility index (Phi) is 12.7. The third kappa shape index (κ3) is 9.17. The number of amides is 5. The Hall–Kier alpha value is -7.63. The van der Waals surface area contributed by atoms with E-state index in [0.29, 0.717) is 55.7 Å². The molecule has 5 amide bonds. The van der Waals surface area contributed by atoms with Gasteiger partial charge >= 0.3 is 5.97 Å². The fourth-order valence-corrected chi connectivity index (χ4v) is 10.6. The molecule has 9 rings (SSSR count). The van der Waals surface area contributed by atoms with Crippen LogP contribution >= 0.6 is 11.3 Å². The highest BCUT2D eigenvalue weighted by molar-refractivity contribution is 7.92. The van der Waals surface area contributed by atoms with Gasteiger partial charge in [0.15, 0.2) is 17.2 Å². The second kappa shape index (κ2) is 18.7. The van der Waals surface area contributed by atoms with Crippen molar-refractivity contribution >= 4 is 83.5 Å². The summed E-state index contributed by atoms with van der Waals surface area (Å²) in [6.07, 6.45) is 1.25. The fourth-order valence-electron chi connectivity index (χ4n) is 8.72. The summed E-state index contributed by atoms with van der Waals surface area (Å²) in [5, 5.41) is 24.1. The monoisotopic (exact) mass is 994 g/mol. The van der Waals surface area contributed by atoms with E-state index in [-0.39, 0.29) is 71.4 Å². The first-order chi connectivity index (χ1) is 33.4. The zero-order valence-electron chi connectivity index (χ0n) is 37.4. The van der Waals surface area contributed by atoms with Crippen LogP contribution < -0.4 is 36.9 Å². The summed E-state index contributed by atoms with van der Waals surface area (Å²) >= 11 is 0.978. The number of rotatable bonds is 15. The van der Waals surface area contributed by atoms with E-state index < -0.39 is 88.0 Å². The zero-order chi connectivity index (χ0) is 49.6. The van der Waals surface area contributed by atoms with Gasteiger partial charge in [0.25, 0.3) is 5.56 Å². The molecular weight excluding hydrogens is 952 g/mol. The van der Waals surface area contributed by atoms with E-state index in [0.717, 1.165) is 23.7 Å². The number of ether oxygens (including phenoxy) is 2. The lowest BCUT2D eigenvalue weighted by molar-refractivity contribution is -0.172. The van der Waals surface area contributed by atoms with Crippen molar-refractivity contribution in [1.82, 2.24) is 35.8 Å². The van der Waals surface area contributed by atoms with Crippen molar-refractivity contribution in [3.63, 3.8) is 0 Å². The maximum atomic E-state index is 16.0. The van der Waals surface area contributed by atoms with E-state index in [2.05, 4.69) is 31.6 Å². The topological polar surface area (TPSA) is 283 Å². The van der Waals surface area contributed by atoms with E-state index in [1.165, 1.54) is 4.57 Å². The molecule has 0 aliphatic carbocycles. The van der Waals surface area contributed by atoms with E-state index >= 15 is 4.39 Å². The fraction of sp³-hybridized carbons (Fsp3) is 0.298. The standard InChI is InChI=1S/C47H43FN8O12S2/c1-3-47(64)28-16-33-40-26(21-56(33)44(62)27(28)22-68-45(47)63)25-11-12-67-42-39(25)31(53-40)17-29(48)41(42)55-38(60)20-51-43(61)32(13-23-7-5-4-6-8-23)52-37(59)19-50-36(58)18-49-35(57)15-24-9-10-30-34(14-24)69-46(54-30)70(2,65)66/h4-10,14,16-17,32,64H,3,11-13,15,18-22H2,1-2H3,(H,49,57)(H,50,58)(H,51,61)(H,52,59)(H,55,60)/t32-,47-/m0/s1. The van der Waals surface area contributed by atoms with Gasteiger partial charge < -0.3 is 45.7 Å². The summed E-state index contributed by atoms with van der Waals surface area (Å²) in [7, 11) is -3.50. The molecule has 0 saturated carbocycles. The normalized spacial score (nSPS) is 16.0. The van der Waals surface area contributed by atoms with Crippen LogP contribution in [0, 0.1) is 5.82 Å². The Morgan fingerprint density at radius 1 is 0.871 bits per heavy atom. The molecule has 70 heavy (non-hydrogen) atoms. The number of nitrogens with one attached hydrogen (secondary N) is 5. The Labute approximate surface area is 400 Å². The van der Waals surface area contributed by atoms with Gasteiger partial charge in [-0.2, -0.15) is 0 Å². The van der Waals surface area contributed by atoms with Crippen LogP contribution in [0.5, 0.6) is 5.75 Å². The molecule has 0 fully saturated rings. The van der Waals surface area contributed by atoms with Crippen LogP contribution in [0.25, 0.3) is 32.5 Å². The minimum atomic E-state index is -3.50. The number of anilines is 1. The van der Waals surface area contributed by atoms with Gasteiger partial charge in [0.05, 0.1) is 71.9 Å². The molecule has 362 valence electrons. The molecule has 2 atom stereocenters. The lowest BCUT2D eigenvalue weighted by Crippen LogP contribution is -2.52. The van der Waals surface area contributed by atoms with Crippen molar-refractivity contribution in [1.29, 1.82) is 0 Å². The maximum Gasteiger partial charge on any atom is 0.343 e. The van der Waals surface area contributed by atoms with E-state index in [4.69, 9.17) is 14.5 Å². The summed E-state index contributed by atoms with van der Waals surface area (Å²) < 4.78 is 52.9. The molecule has 6 N–H and O–H groups in total. The Bertz CT molecular complexity index is 3400. The van der Waals surface area contributed by atoms with E-state index in [9.17, 15) is 47.1 Å². The largest absolute Gasteiger partial charge is 0.490 e. The molecule has 0 spiro atoms. The van der Waals surface area contributed by atoms with Crippen LogP contribution in [0.4, 0.5) is 10.1 Å². The number of hydrogen-bond donors (Lipinski definition) is 6. The molecule has 0 radical (unpaired) electrons. The predicted molar refractivity (Wildman–Crippen MR) is 250 cm³/mol. The van der Waals surface area contributed by atoms with Crippen molar-refractivity contribution < 1.29 is 56.2 Å². The van der Waals surface area contributed by atoms with Gasteiger partial charge in [-0.15, -0.1) is 11.3 Å². The number of esters is 1. The molecule has 3 aromatic heterocycles. The second-order valence-electron chi connectivity index (χ2n) is 16.9. The highest BCUT2D eigenvalue weighted by Gasteiger charge is 2.46. The summed E-state index contributed by atoms with van der Waals surface area (Å²) in [5.41, 5.74) is 1.46. The number of fused-ring (bicyclic) bond motifs is 6. The Morgan fingerprint density at radius 2 is 1.61 bits per heavy atom. The van der Waals surface area contributed by atoms with Gasteiger partial charge in [-0.05, 0) is 41.3 Å². The van der Waals surface area contributed by atoms with Gasteiger partial charge in [-0.3, -0.25) is 28.8 Å². The van der Waals surface area contributed by atoms with Crippen LogP contribution in [0.3, 0.4) is 0 Å². The molecule has 6 aromatic rings. The number of aromatic nitrogens is 3. The van der Waals surface area contributed by atoms with Crippen molar-refractivity contribution in [2.24, 2.45) is 0 Å². The summed E-state index contributed by atoms with van der Waals surface area (Å²) in [5.74, 6) is -5.32. The highest BCUT2D eigenvalue weighted by atomic mass is 32.2. The summed E-state index contributed by atoms with van der Waals surface area (Å²) in [6.45, 7) is -0.209. The van der Waals surface area contributed by atoms with Gasteiger partial charge in [-0.25, -0.2) is 27.6 Å². The second-order valence-corrected chi connectivity index (χ2v) is 20.2. The first kappa shape index (κ1) is 47.4. The van der Waals surface area contributed by atoms with Crippen LogP contribution in [0.1, 0.15) is 46.7 Å². The number of benzene rings is 3. The Balaban J connectivity index is 0.831. The lowest BCUT2D eigenvalue weighted by atomic mass is 9.86. The predicted octanol–water partition coefficient (Wildman–Crippen LogP) is 1.42. The van der Waals surface area contributed by atoms with Crippen molar-refractivity contribution in [2.75, 3.05) is 37.8 Å². The van der Waals surface area contributed by atoms with Crippen LogP contribution in [-0.4, -0.2) is 102 Å². The third-order valence-electron chi connectivity index (χ3n) is 12.2. The minimum absolute atomic E-state index is 0.00411. The van der Waals surface area contributed by atoms with Gasteiger partial charge in [0.2, 0.25) is 43.7 Å². The zero-order valence-corrected chi connectivity index (χ0v) is 39.0. The third-order valence-corrected chi connectivity index (χ3v) is 14.9. The van der Waals surface area contributed by atoms with E-state index in [1.54, 1.807) is 61.5 Å². The molecule has 0 saturated heterocycles. The first-order valence-corrected chi connectivity index (χ1v) is 24.6. The van der Waals surface area contributed by atoms with Gasteiger partial charge in [0, 0.05) is 41.7 Å². The minimum Gasteiger partial charge on any atom is -0.490 e. The smallest absolute Gasteiger partial charge is 0.343 e. The quantitative estimate of drug-likeness (QED) is 0.0794. The number of halogens is 1. The van der Waals surface area contributed by atoms with Crippen molar-refractivity contribution in [2.45, 2.75) is 61.7 Å². The van der Waals surface area contributed by atoms with Crippen LogP contribution in [0.2, 0.25) is 0 Å². The number of nitrogens with zero attached hydrogens (tertiary/aromatic N) is 3. The number of aliphatic hydroxyl groups is 1. The van der Waals surface area contributed by atoms with Crippen molar-refractivity contribution in [3.8, 4) is 17.1 Å². The molecule has 0 unspecified atom stereocenters. The first-order valence-electron chi connectivity index (χ1n) is 21.9. The van der Waals surface area contributed by atoms with Crippen LogP contribution in [-0.2, 0) is 81.4 Å².